The number of piperidine rings is 1. The van der Waals surface area contributed by atoms with Gasteiger partial charge in [-0.25, -0.2) is 8.42 Å². The molecular weight excluding hydrogens is 448 g/mol. The maximum atomic E-state index is 13.2. The number of sulfonamides is 1. The summed E-state index contributed by atoms with van der Waals surface area (Å²) >= 11 is 3.52. The molecule has 3 aliphatic rings. The van der Waals surface area contributed by atoms with Gasteiger partial charge in [0.25, 0.3) is 0 Å². The lowest BCUT2D eigenvalue weighted by Gasteiger charge is -2.38. The fourth-order valence-electron chi connectivity index (χ4n) is 4.99. The van der Waals surface area contributed by atoms with Gasteiger partial charge in [0.05, 0.1) is 10.9 Å². The summed E-state index contributed by atoms with van der Waals surface area (Å²) in [5.41, 5.74) is 3.42. The first-order valence-corrected chi connectivity index (χ1v) is 12.6. The lowest BCUT2D eigenvalue weighted by Crippen LogP contribution is -2.36. The molecule has 0 spiro atoms. The van der Waals surface area contributed by atoms with Gasteiger partial charge in [-0.2, -0.15) is 4.31 Å². The van der Waals surface area contributed by atoms with Crippen molar-refractivity contribution < 1.29 is 8.42 Å². The number of halogens is 1. The van der Waals surface area contributed by atoms with Crippen molar-refractivity contribution in [2.24, 2.45) is 5.92 Å². The molecule has 2 aromatic rings. The molecule has 6 heteroatoms. The van der Waals surface area contributed by atoms with E-state index < -0.39 is 10.0 Å². The molecule has 0 saturated carbocycles. The number of nitrogens with one attached hydrogen (secondary N) is 1. The molecular formula is C23H25BrN2O2S. The van der Waals surface area contributed by atoms with Gasteiger partial charge < -0.3 is 5.32 Å². The van der Waals surface area contributed by atoms with Crippen LogP contribution in [0.5, 0.6) is 0 Å². The van der Waals surface area contributed by atoms with Crippen LogP contribution in [0.3, 0.4) is 0 Å². The molecule has 1 aliphatic carbocycles. The summed E-state index contributed by atoms with van der Waals surface area (Å²) in [4.78, 5) is 0.432. The molecule has 1 N–H and O–H groups in total. The maximum absolute atomic E-state index is 13.2. The average Bonchev–Trinajstić information content (AvgIpc) is 3.24. The molecule has 2 aliphatic heterocycles. The Morgan fingerprint density at radius 1 is 1.00 bits per heavy atom. The molecule has 4 nitrogen and oxygen atoms in total. The van der Waals surface area contributed by atoms with Crippen molar-refractivity contribution in [3.63, 3.8) is 0 Å². The highest BCUT2D eigenvalue weighted by molar-refractivity contribution is 9.10. The van der Waals surface area contributed by atoms with Gasteiger partial charge in [0.15, 0.2) is 0 Å². The van der Waals surface area contributed by atoms with Gasteiger partial charge >= 0.3 is 0 Å². The van der Waals surface area contributed by atoms with Crippen LogP contribution in [0.2, 0.25) is 0 Å². The van der Waals surface area contributed by atoms with E-state index in [-0.39, 0.29) is 12.0 Å². The van der Waals surface area contributed by atoms with E-state index in [1.54, 1.807) is 10.4 Å². The largest absolute Gasteiger partial charge is 0.378 e. The molecule has 0 radical (unpaired) electrons. The van der Waals surface area contributed by atoms with Crippen LogP contribution in [0.15, 0.2) is 64.0 Å². The third kappa shape index (κ3) is 3.45. The minimum absolute atomic E-state index is 0.222. The first-order valence-electron chi connectivity index (χ1n) is 10.4. The van der Waals surface area contributed by atoms with E-state index in [2.05, 4.69) is 57.7 Å². The van der Waals surface area contributed by atoms with Gasteiger partial charge in [-0.3, -0.25) is 0 Å². The zero-order valence-electron chi connectivity index (χ0n) is 16.2. The summed E-state index contributed by atoms with van der Waals surface area (Å²) in [6, 6.07) is 14.4. The van der Waals surface area contributed by atoms with Crippen LogP contribution >= 0.6 is 15.9 Å². The number of hydrogen-bond donors (Lipinski definition) is 1. The second kappa shape index (κ2) is 7.56. The Morgan fingerprint density at radius 3 is 2.52 bits per heavy atom. The monoisotopic (exact) mass is 472 g/mol. The summed E-state index contributed by atoms with van der Waals surface area (Å²) in [7, 11) is -3.42. The van der Waals surface area contributed by atoms with Gasteiger partial charge in [0.1, 0.15) is 0 Å². The quantitative estimate of drug-likeness (QED) is 0.604. The lowest BCUT2D eigenvalue weighted by atomic mass is 9.77. The van der Waals surface area contributed by atoms with E-state index >= 15 is 0 Å². The molecule has 1 saturated heterocycles. The van der Waals surface area contributed by atoms with Crippen molar-refractivity contribution in [3.8, 4) is 0 Å². The molecule has 1 fully saturated rings. The third-order valence-corrected chi connectivity index (χ3v) is 8.94. The molecule has 5 rings (SSSR count). The van der Waals surface area contributed by atoms with Crippen molar-refractivity contribution in [3.05, 3.63) is 70.2 Å². The van der Waals surface area contributed by atoms with E-state index in [0.29, 0.717) is 23.9 Å². The Morgan fingerprint density at radius 2 is 1.76 bits per heavy atom. The van der Waals surface area contributed by atoms with E-state index in [4.69, 9.17) is 0 Å². The van der Waals surface area contributed by atoms with Crippen LogP contribution in [-0.4, -0.2) is 25.8 Å². The van der Waals surface area contributed by atoms with Crippen LogP contribution in [0, 0.1) is 5.92 Å². The molecule has 3 atom stereocenters. The molecule has 0 bridgehead atoms. The van der Waals surface area contributed by atoms with E-state index in [0.717, 1.165) is 41.4 Å². The average molecular weight is 473 g/mol. The van der Waals surface area contributed by atoms with Crippen LogP contribution in [-0.2, 0) is 10.0 Å². The standard InChI is InChI=1S/C23H25BrN2O2S/c24-17-9-7-16(8-10-17)23-20-6-4-5-19(20)21-15-18(11-12-22(21)25-23)29(27,28)26-13-2-1-3-14-26/h4-5,7-12,15,19-20,23,25H,1-3,6,13-14H2. The van der Waals surface area contributed by atoms with Crippen LogP contribution < -0.4 is 5.32 Å². The molecule has 0 amide bonds. The van der Waals surface area contributed by atoms with E-state index in [9.17, 15) is 8.42 Å². The number of hydrogen-bond acceptors (Lipinski definition) is 3. The first kappa shape index (κ1) is 19.3. The molecule has 2 aromatic carbocycles. The first-order chi connectivity index (χ1) is 14.0. The van der Waals surface area contributed by atoms with E-state index in [1.165, 1.54) is 5.56 Å². The van der Waals surface area contributed by atoms with Crippen LogP contribution in [0.1, 0.15) is 48.8 Å². The Balaban J connectivity index is 1.51. The van der Waals surface area contributed by atoms with Gasteiger partial charge in [-0.1, -0.05) is 46.6 Å². The minimum atomic E-state index is -3.42. The molecule has 2 heterocycles. The van der Waals surface area contributed by atoms with Crippen LogP contribution in [0.4, 0.5) is 5.69 Å². The van der Waals surface area contributed by atoms with Crippen molar-refractivity contribution in [1.82, 2.24) is 4.31 Å². The predicted octanol–water partition coefficient (Wildman–Crippen LogP) is 5.45. The van der Waals surface area contributed by atoms with Crippen molar-refractivity contribution >= 4 is 31.6 Å². The van der Waals surface area contributed by atoms with Crippen molar-refractivity contribution in [2.75, 3.05) is 18.4 Å². The molecule has 0 aromatic heterocycles. The third-order valence-electron chi connectivity index (χ3n) is 6.52. The maximum Gasteiger partial charge on any atom is 0.243 e. The minimum Gasteiger partial charge on any atom is -0.378 e. The second-order valence-electron chi connectivity index (χ2n) is 8.24. The summed E-state index contributed by atoms with van der Waals surface area (Å²) in [5, 5.41) is 3.70. The summed E-state index contributed by atoms with van der Waals surface area (Å²) < 4.78 is 29.1. The lowest BCUT2D eigenvalue weighted by molar-refractivity contribution is 0.346. The Bertz CT molecular complexity index is 1040. The number of benzene rings is 2. The van der Waals surface area contributed by atoms with E-state index in [1.807, 2.05) is 12.1 Å². The highest BCUT2D eigenvalue weighted by Crippen LogP contribution is 2.50. The fraction of sp³-hybridized carbons (Fsp3) is 0.391. The number of anilines is 1. The predicted molar refractivity (Wildman–Crippen MR) is 120 cm³/mol. The summed E-state index contributed by atoms with van der Waals surface area (Å²) in [6.07, 6.45) is 8.52. The summed E-state index contributed by atoms with van der Waals surface area (Å²) in [5.74, 6) is 0.646. The Kier molecular flexibility index (Phi) is 5.04. The van der Waals surface area contributed by atoms with Crippen molar-refractivity contribution in [1.29, 1.82) is 0 Å². The molecule has 3 unspecified atom stereocenters. The van der Waals surface area contributed by atoms with Crippen LogP contribution in [0.25, 0.3) is 0 Å². The number of allylic oxidation sites excluding steroid dienone is 2. The second-order valence-corrected chi connectivity index (χ2v) is 11.1. The Hall–Kier alpha value is -1.63. The highest BCUT2D eigenvalue weighted by atomic mass is 79.9. The number of nitrogens with zero attached hydrogens (tertiary/aromatic N) is 1. The number of fused-ring (bicyclic) bond motifs is 3. The summed E-state index contributed by atoms with van der Waals surface area (Å²) in [6.45, 7) is 1.27. The Labute approximate surface area is 181 Å². The zero-order chi connectivity index (χ0) is 20.0. The molecule has 29 heavy (non-hydrogen) atoms. The fourth-order valence-corrected chi connectivity index (χ4v) is 6.80. The molecule has 152 valence electrons. The SMILES string of the molecule is O=S(=O)(c1ccc2c(c1)C1C=CCC1C(c1ccc(Br)cc1)N2)N1CCCCC1. The van der Waals surface area contributed by atoms with Gasteiger partial charge in [0, 0.05) is 29.2 Å². The van der Waals surface area contributed by atoms with Gasteiger partial charge in [-0.15, -0.1) is 0 Å². The zero-order valence-corrected chi connectivity index (χ0v) is 18.6. The van der Waals surface area contributed by atoms with Crippen molar-refractivity contribution in [2.45, 2.75) is 42.5 Å². The number of rotatable bonds is 3. The highest BCUT2D eigenvalue weighted by Gasteiger charge is 2.38. The van der Waals surface area contributed by atoms with Gasteiger partial charge in [-0.05, 0) is 66.6 Å². The smallest absolute Gasteiger partial charge is 0.243 e. The van der Waals surface area contributed by atoms with Gasteiger partial charge in [0.2, 0.25) is 10.0 Å². The normalized spacial score (nSPS) is 26.6. The topological polar surface area (TPSA) is 49.4 Å².